The summed E-state index contributed by atoms with van der Waals surface area (Å²) in [5.74, 6) is 0.159. The predicted molar refractivity (Wildman–Crippen MR) is 79.9 cm³/mol. The van der Waals surface area contributed by atoms with Gasteiger partial charge in [0.1, 0.15) is 0 Å². The fourth-order valence-electron chi connectivity index (χ4n) is 2.02. The molecular formula is C14H13ClN2O3S. The number of nitrogens with zero attached hydrogens (tertiary/aromatic N) is 1. The van der Waals surface area contributed by atoms with Gasteiger partial charge in [0.15, 0.2) is 5.15 Å². The predicted octanol–water partition coefficient (Wildman–Crippen LogP) is 2.66. The van der Waals surface area contributed by atoms with Crippen LogP contribution in [0.3, 0.4) is 0 Å². The zero-order valence-electron chi connectivity index (χ0n) is 11.0. The van der Waals surface area contributed by atoms with Gasteiger partial charge in [0.05, 0.1) is 10.6 Å². The molecular weight excluding hydrogens is 312 g/mol. The van der Waals surface area contributed by atoms with Crippen molar-refractivity contribution in [1.82, 2.24) is 4.98 Å². The fourth-order valence-corrected chi connectivity index (χ4v) is 3.94. The van der Waals surface area contributed by atoms with Crippen LogP contribution in [0.25, 0.3) is 0 Å². The number of rotatable bonds is 4. The molecule has 0 radical (unpaired) electrons. The summed E-state index contributed by atoms with van der Waals surface area (Å²) in [5, 5.41) is 0.0976. The maximum Gasteiger partial charge on any atom is 0.219 e. The SMILES string of the molecule is Nc1ccc(OC2(S(=O)(=O)c3ccccc3)CC2)nc1Cl. The van der Waals surface area contributed by atoms with Crippen LogP contribution in [0.4, 0.5) is 5.69 Å². The molecule has 0 amide bonds. The molecule has 1 aromatic heterocycles. The van der Waals surface area contributed by atoms with Gasteiger partial charge < -0.3 is 10.5 Å². The van der Waals surface area contributed by atoms with Gasteiger partial charge in [-0.15, -0.1) is 0 Å². The van der Waals surface area contributed by atoms with Crippen molar-refractivity contribution < 1.29 is 13.2 Å². The number of benzene rings is 1. The molecule has 0 aliphatic heterocycles. The van der Waals surface area contributed by atoms with Crippen molar-refractivity contribution in [3.63, 3.8) is 0 Å². The largest absolute Gasteiger partial charge is 0.454 e. The van der Waals surface area contributed by atoms with E-state index in [1.54, 1.807) is 30.3 Å². The number of sulfone groups is 1. The lowest BCUT2D eigenvalue weighted by Crippen LogP contribution is -2.30. The molecule has 0 bridgehead atoms. The van der Waals surface area contributed by atoms with Gasteiger partial charge in [-0.25, -0.2) is 8.42 Å². The Labute approximate surface area is 127 Å². The molecule has 21 heavy (non-hydrogen) atoms. The quantitative estimate of drug-likeness (QED) is 0.874. The van der Waals surface area contributed by atoms with Crippen LogP contribution < -0.4 is 10.5 Å². The Morgan fingerprint density at radius 3 is 2.38 bits per heavy atom. The normalized spacial score (nSPS) is 16.4. The Balaban J connectivity index is 1.93. The first-order valence-electron chi connectivity index (χ1n) is 6.35. The number of halogens is 1. The van der Waals surface area contributed by atoms with E-state index in [-0.39, 0.29) is 15.9 Å². The molecule has 110 valence electrons. The maximum absolute atomic E-state index is 12.7. The lowest BCUT2D eigenvalue weighted by Gasteiger charge is -2.18. The zero-order valence-corrected chi connectivity index (χ0v) is 12.6. The third-order valence-corrected chi connectivity index (χ3v) is 6.01. The van der Waals surface area contributed by atoms with Gasteiger partial charge in [-0.1, -0.05) is 29.8 Å². The first-order chi connectivity index (χ1) is 9.95. The second-order valence-electron chi connectivity index (χ2n) is 4.86. The van der Waals surface area contributed by atoms with Crippen molar-refractivity contribution in [2.24, 2.45) is 0 Å². The van der Waals surface area contributed by atoms with Crippen molar-refractivity contribution in [3.05, 3.63) is 47.6 Å². The van der Waals surface area contributed by atoms with E-state index < -0.39 is 14.8 Å². The number of nitrogen functional groups attached to an aromatic ring is 1. The van der Waals surface area contributed by atoms with Crippen LogP contribution in [0.5, 0.6) is 5.88 Å². The molecule has 7 heteroatoms. The number of aromatic nitrogens is 1. The highest BCUT2D eigenvalue weighted by atomic mass is 35.5. The number of nitrogens with two attached hydrogens (primary N) is 1. The molecule has 1 aliphatic carbocycles. The number of anilines is 1. The Morgan fingerprint density at radius 2 is 1.81 bits per heavy atom. The number of hydrogen-bond donors (Lipinski definition) is 1. The van der Waals surface area contributed by atoms with E-state index in [0.29, 0.717) is 18.5 Å². The summed E-state index contributed by atoms with van der Waals surface area (Å²) >= 11 is 5.83. The van der Waals surface area contributed by atoms with E-state index in [9.17, 15) is 8.42 Å². The summed E-state index contributed by atoms with van der Waals surface area (Å²) in [6.45, 7) is 0. The second-order valence-corrected chi connectivity index (χ2v) is 7.44. The lowest BCUT2D eigenvalue weighted by atomic mass is 10.4. The smallest absolute Gasteiger partial charge is 0.219 e. The number of hydrogen-bond acceptors (Lipinski definition) is 5. The van der Waals surface area contributed by atoms with Crippen LogP contribution in [0, 0.1) is 0 Å². The average molecular weight is 325 g/mol. The monoisotopic (exact) mass is 324 g/mol. The minimum absolute atomic E-state index is 0.0976. The van der Waals surface area contributed by atoms with Gasteiger partial charge in [-0.2, -0.15) is 4.98 Å². The molecule has 0 spiro atoms. The molecule has 1 saturated carbocycles. The van der Waals surface area contributed by atoms with Crippen molar-refractivity contribution in [2.45, 2.75) is 22.7 Å². The van der Waals surface area contributed by atoms with Gasteiger partial charge >= 0.3 is 0 Å². The zero-order chi connectivity index (χ0) is 15.1. The molecule has 1 fully saturated rings. The number of ether oxygens (including phenoxy) is 1. The molecule has 1 aliphatic rings. The number of pyridine rings is 1. The fraction of sp³-hybridized carbons (Fsp3) is 0.214. The van der Waals surface area contributed by atoms with E-state index in [0.717, 1.165) is 0 Å². The average Bonchev–Trinajstić information content (AvgIpc) is 3.25. The molecule has 5 nitrogen and oxygen atoms in total. The van der Waals surface area contributed by atoms with E-state index >= 15 is 0 Å². The summed E-state index contributed by atoms with van der Waals surface area (Å²) in [5.41, 5.74) is 5.90. The van der Waals surface area contributed by atoms with Crippen molar-refractivity contribution >= 4 is 27.1 Å². The minimum Gasteiger partial charge on any atom is -0.454 e. The minimum atomic E-state index is -3.59. The summed E-state index contributed by atoms with van der Waals surface area (Å²) in [6, 6.07) is 11.3. The molecule has 1 aromatic carbocycles. The van der Waals surface area contributed by atoms with Crippen LogP contribution in [0.2, 0.25) is 5.15 Å². The Kier molecular flexibility index (Phi) is 3.30. The molecule has 0 atom stereocenters. The van der Waals surface area contributed by atoms with Gasteiger partial charge in [-0.3, -0.25) is 0 Å². The van der Waals surface area contributed by atoms with Crippen LogP contribution in [-0.4, -0.2) is 18.3 Å². The molecule has 0 unspecified atom stereocenters. The highest BCUT2D eigenvalue weighted by Gasteiger charge is 2.58. The van der Waals surface area contributed by atoms with E-state index in [4.69, 9.17) is 22.1 Å². The van der Waals surface area contributed by atoms with Crippen molar-refractivity contribution in [3.8, 4) is 5.88 Å². The Bertz CT molecular complexity index is 774. The summed E-state index contributed by atoms with van der Waals surface area (Å²) in [4.78, 5) is 2.95. The highest BCUT2D eigenvalue weighted by molar-refractivity contribution is 7.93. The molecule has 2 N–H and O–H groups in total. The molecule has 0 saturated heterocycles. The standard InChI is InChI=1S/C14H13ClN2O3S/c15-13-11(16)6-7-12(17-13)20-14(8-9-14)21(18,19)10-4-2-1-3-5-10/h1-7H,8-9,16H2. The van der Waals surface area contributed by atoms with E-state index in [1.807, 2.05) is 0 Å². The third-order valence-electron chi connectivity index (χ3n) is 3.34. The second kappa shape index (κ2) is 4.89. The highest BCUT2D eigenvalue weighted by Crippen LogP contribution is 2.47. The maximum atomic E-state index is 12.7. The summed E-state index contributed by atoms with van der Waals surface area (Å²) in [6.07, 6.45) is 0.849. The van der Waals surface area contributed by atoms with Gasteiger partial charge in [0, 0.05) is 18.9 Å². The van der Waals surface area contributed by atoms with Crippen molar-refractivity contribution in [2.75, 3.05) is 5.73 Å². The van der Waals surface area contributed by atoms with Crippen LogP contribution in [0.1, 0.15) is 12.8 Å². The lowest BCUT2D eigenvalue weighted by molar-refractivity contribution is 0.246. The Hall–Kier alpha value is -1.79. The van der Waals surface area contributed by atoms with Crippen LogP contribution >= 0.6 is 11.6 Å². The molecule has 2 aromatic rings. The summed E-state index contributed by atoms with van der Waals surface area (Å²) in [7, 11) is -3.59. The van der Waals surface area contributed by atoms with Gasteiger partial charge in [0.25, 0.3) is 0 Å². The summed E-state index contributed by atoms with van der Waals surface area (Å²) < 4.78 is 31.0. The molecule has 1 heterocycles. The van der Waals surface area contributed by atoms with Crippen molar-refractivity contribution in [1.29, 1.82) is 0 Å². The van der Waals surface area contributed by atoms with Gasteiger partial charge in [-0.05, 0) is 18.2 Å². The van der Waals surface area contributed by atoms with Gasteiger partial charge in [0.2, 0.25) is 20.7 Å². The van der Waals surface area contributed by atoms with E-state index in [1.165, 1.54) is 12.1 Å². The third kappa shape index (κ3) is 2.45. The topological polar surface area (TPSA) is 82.3 Å². The van der Waals surface area contributed by atoms with Crippen LogP contribution in [-0.2, 0) is 9.84 Å². The van der Waals surface area contributed by atoms with Crippen LogP contribution in [0.15, 0.2) is 47.4 Å². The Morgan fingerprint density at radius 1 is 1.14 bits per heavy atom. The first-order valence-corrected chi connectivity index (χ1v) is 8.21. The van der Waals surface area contributed by atoms with E-state index in [2.05, 4.69) is 4.98 Å². The molecule has 3 rings (SSSR count). The first kappa shape index (κ1) is 14.2.